The van der Waals surface area contributed by atoms with Crippen LogP contribution in [0.2, 0.25) is 0 Å². The Morgan fingerprint density at radius 2 is 1.58 bits per heavy atom. The summed E-state index contributed by atoms with van der Waals surface area (Å²) in [6, 6.07) is 16.9. The minimum atomic E-state index is -0.502. The number of hydrogen-bond donors (Lipinski definition) is 0. The molecule has 0 saturated heterocycles. The molecule has 1 atom stereocenters. The van der Waals surface area contributed by atoms with Crippen LogP contribution in [0.25, 0.3) is 10.8 Å². The number of nitro groups is 1. The second-order valence-electron chi connectivity index (χ2n) is 5.87. The molecule has 0 unspecified atom stereocenters. The molecule has 0 fully saturated rings. The molecule has 0 bridgehead atoms. The lowest BCUT2D eigenvalue weighted by atomic mass is 9.98. The van der Waals surface area contributed by atoms with Gasteiger partial charge in [0.1, 0.15) is 11.5 Å². The Labute approximate surface area is 150 Å². The highest BCUT2D eigenvalue weighted by Gasteiger charge is 2.18. The van der Waals surface area contributed by atoms with Gasteiger partial charge in [-0.25, -0.2) is 0 Å². The minimum absolute atomic E-state index is 0.0530. The van der Waals surface area contributed by atoms with E-state index in [2.05, 4.69) is 0 Å². The van der Waals surface area contributed by atoms with Crippen LogP contribution in [0.1, 0.15) is 18.4 Å². The van der Waals surface area contributed by atoms with E-state index in [9.17, 15) is 14.9 Å². The number of non-ortho nitro benzene ring substituents is 1. The zero-order valence-electron chi connectivity index (χ0n) is 14.3. The van der Waals surface area contributed by atoms with E-state index in [-0.39, 0.29) is 11.4 Å². The fourth-order valence-corrected chi connectivity index (χ4v) is 2.62. The van der Waals surface area contributed by atoms with Gasteiger partial charge in [-0.15, -0.1) is 0 Å². The van der Waals surface area contributed by atoms with Crippen molar-refractivity contribution in [1.82, 2.24) is 0 Å². The fourth-order valence-electron chi connectivity index (χ4n) is 2.62. The van der Waals surface area contributed by atoms with E-state index in [1.807, 2.05) is 36.4 Å². The number of methoxy groups -OCH3 is 1. The number of ether oxygens (including phenoxy) is 2. The first-order valence-electron chi connectivity index (χ1n) is 8.02. The van der Waals surface area contributed by atoms with Gasteiger partial charge in [0.05, 0.1) is 18.0 Å². The van der Waals surface area contributed by atoms with Crippen LogP contribution in [0.3, 0.4) is 0 Å². The molecular formula is C20H17NO5. The highest BCUT2D eigenvalue weighted by Crippen LogP contribution is 2.26. The number of nitrogens with zero attached hydrogens (tertiary/aromatic N) is 1. The van der Waals surface area contributed by atoms with Crippen LogP contribution in [-0.4, -0.2) is 18.0 Å². The summed E-state index contributed by atoms with van der Waals surface area (Å²) in [5.41, 5.74) is 0.775. The van der Waals surface area contributed by atoms with Crippen molar-refractivity contribution >= 4 is 22.4 Å². The molecule has 0 saturated carbocycles. The number of hydrogen-bond acceptors (Lipinski definition) is 5. The van der Waals surface area contributed by atoms with E-state index >= 15 is 0 Å². The monoisotopic (exact) mass is 351 g/mol. The van der Waals surface area contributed by atoms with E-state index < -0.39 is 16.8 Å². The van der Waals surface area contributed by atoms with Crippen molar-refractivity contribution in [3.05, 3.63) is 76.3 Å². The molecule has 0 radical (unpaired) electrons. The van der Waals surface area contributed by atoms with Crippen LogP contribution in [0.15, 0.2) is 60.7 Å². The highest BCUT2D eigenvalue weighted by atomic mass is 16.6. The normalized spacial score (nSPS) is 11.8. The van der Waals surface area contributed by atoms with Gasteiger partial charge >= 0.3 is 5.97 Å². The molecule has 0 aliphatic rings. The van der Waals surface area contributed by atoms with Crippen molar-refractivity contribution in [2.24, 2.45) is 0 Å². The zero-order chi connectivity index (χ0) is 18.7. The van der Waals surface area contributed by atoms with E-state index in [0.29, 0.717) is 0 Å². The molecule has 3 aromatic rings. The molecule has 0 spiro atoms. The predicted molar refractivity (Wildman–Crippen MR) is 97.6 cm³/mol. The first-order valence-corrected chi connectivity index (χ1v) is 8.02. The summed E-state index contributed by atoms with van der Waals surface area (Å²) >= 11 is 0. The zero-order valence-corrected chi connectivity index (χ0v) is 14.3. The van der Waals surface area contributed by atoms with Gasteiger partial charge in [0.15, 0.2) is 0 Å². The van der Waals surface area contributed by atoms with Crippen molar-refractivity contribution in [3.63, 3.8) is 0 Å². The predicted octanol–water partition coefficient (Wildman–Crippen LogP) is 4.47. The van der Waals surface area contributed by atoms with Gasteiger partial charge in [-0.2, -0.15) is 0 Å². The minimum Gasteiger partial charge on any atom is -0.497 e. The van der Waals surface area contributed by atoms with E-state index in [1.54, 1.807) is 14.0 Å². The third kappa shape index (κ3) is 3.64. The van der Waals surface area contributed by atoms with Crippen LogP contribution in [0.5, 0.6) is 11.5 Å². The van der Waals surface area contributed by atoms with E-state index in [1.165, 1.54) is 24.3 Å². The van der Waals surface area contributed by atoms with Gasteiger partial charge < -0.3 is 9.47 Å². The van der Waals surface area contributed by atoms with Crippen molar-refractivity contribution in [2.45, 2.75) is 12.8 Å². The number of fused-ring (bicyclic) bond motifs is 1. The van der Waals surface area contributed by atoms with Crippen molar-refractivity contribution < 1.29 is 19.2 Å². The first-order chi connectivity index (χ1) is 12.5. The summed E-state index contributed by atoms with van der Waals surface area (Å²) < 4.78 is 10.5. The summed E-state index contributed by atoms with van der Waals surface area (Å²) in [7, 11) is 1.62. The summed E-state index contributed by atoms with van der Waals surface area (Å²) in [5, 5.41) is 12.7. The molecule has 132 valence electrons. The lowest BCUT2D eigenvalue weighted by Crippen LogP contribution is -2.16. The third-order valence-electron chi connectivity index (χ3n) is 4.19. The Hall–Kier alpha value is -3.41. The smallest absolute Gasteiger partial charge is 0.318 e. The molecule has 0 N–H and O–H groups in total. The molecule has 6 nitrogen and oxygen atoms in total. The van der Waals surface area contributed by atoms with Crippen molar-refractivity contribution in [3.8, 4) is 11.5 Å². The number of esters is 1. The Balaban J connectivity index is 1.77. The van der Waals surface area contributed by atoms with Crippen molar-refractivity contribution in [1.29, 1.82) is 0 Å². The topological polar surface area (TPSA) is 78.7 Å². The summed E-state index contributed by atoms with van der Waals surface area (Å²) in [4.78, 5) is 22.6. The van der Waals surface area contributed by atoms with Crippen LogP contribution in [-0.2, 0) is 4.79 Å². The van der Waals surface area contributed by atoms with E-state index in [0.717, 1.165) is 22.1 Å². The molecule has 26 heavy (non-hydrogen) atoms. The van der Waals surface area contributed by atoms with Gasteiger partial charge in [-0.1, -0.05) is 24.3 Å². The van der Waals surface area contributed by atoms with Gasteiger partial charge in [0.2, 0.25) is 0 Å². The Kier molecular flexibility index (Phi) is 4.84. The maximum atomic E-state index is 12.4. The third-order valence-corrected chi connectivity index (χ3v) is 4.19. The van der Waals surface area contributed by atoms with Crippen LogP contribution >= 0.6 is 0 Å². The lowest BCUT2D eigenvalue weighted by molar-refractivity contribution is -0.384. The summed E-state index contributed by atoms with van der Waals surface area (Å²) in [6.45, 7) is 1.76. The molecule has 3 rings (SSSR count). The van der Waals surface area contributed by atoms with Crippen LogP contribution < -0.4 is 9.47 Å². The van der Waals surface area contributed by atoms with Gasteiger partial charge in [-0.3, -0.25) is 14.9 Å². The standard InChI is InChI=1S/C20H17NO5/c1-13(20(22)26-18-9-6-17(7-10-18)21(23)24)14-3-4-16-12-19(25-2)8-5-15(16)11-14/h3-13H,1-2H3/t13-/m0/s1. The number of nitro benzene ring substituents is 1. The number of benzene rings is 3. The molecule has 0 amide bonds. The Morgan fingerprint density at radius 1 is 0.962 bits per heavy atom. The average molecular weight is 351 g/mol. The van der Waals surface area contributed by atoms with Crippen LogP contribution in [0.4, 0.5) is 5.69 Å². The fraction of sp³-hybridized carbons (Fsp3) is 0.150. The van der Waals surface area contributed by atoms with Gasteiger partial charge in [-0.05, 0) is 47.5 Å². The summed E-state index contributed by atoms with van der Waals surface area (Å²) in [5.74, 6) is 0.150. The second-order valence-corrected chi connectivity index (χ2v) is 5.87. The molecule has 0 aromatic heterocycles. The molecule has 0 aliphatic heterocycles. The second kappa shape index (κ2) is 7.23. The highest BCUT2D eigenvalue weighted by molar-refractivity contribution is 5.87. The van der Waals surface area contributed by atoms with Crippen molar-refractivity contribution in [2.75, 3.05) is 7.11 Å². The maximum absolute atomic E-state index is 12.4. The Bertz CT molecular complexity index is 966. The number of carbonyl (C=O) groups excluding carboxylic acids is 1. The summed E-state index contributed by atoms with van der Waals surface area (Å²) in [6.07, 6.45) is 0. The maximum Gasteiger partial charge on any atom is 0.318 e. The van der Waals surface area contributed by atoms with Crippen LogP contribution in [0, 0.1) is 10.1 Å². The quantitative estimate of drug-likeness (QED) is 0.293. The molecule has 6 heteroatoms. The number of rotatable bonds is 5. The van der Waals surface area contributed by atoms with E-state index in [4.69, 9.17) is 9.47 Å². The SMILES string of the molecule is COc1ccc2cc([C@H](C)C(=O)Oc3ccc([N+](=O)[O-])cc3)ccc2c1. The van der Waals surface area contributed by atoms with Gasteiger partial charge in [0.25, 0.3) is 5.69 Å². The molecular weight excluding hydrogens is 334 g/mol. The molecule has 0 aliphatic carbocycles. The lowest BCUT2D eigenvalue weighted by Gasteiger charge is -2.13. The first kappa shape index (κ1) is 17.4. The average Bonchev–Trinajstić information content (AvgIpc) is 2.66. The molecule has 0 heterocycles. The van der Waals surface area contributed by atoms with Gasteiger partial charge in [0, 0.05) is 12.1 Å². The largest absolute Gasteiger partial charge is 0.497 e. The Morgan fingerprint density at radius 3 is 2.23 bits per heavy atom. The number of carbonyl (C=O) groups is 1. The molecule has 3 aromatic carbocycles.